The molecule has 8 heteroatoms. The highest BCUT2D eigenvalue weighted by Crippen LogP contribution is 2.37. The minimum absolute atomic E-state index is 0.106. The minimum Gasteiger partial charge on any atom is -0.480 e. The summed E-state index contributed by atoms with van der Waals surface area (Å²) in [6, 6.07) is 22.7. The topological polar surface area (TPSA) is 95.9 Å². The van der Waals surface area contributed by atoms with E-state index in [0.29, 0.717) is 25.2 Å². The van der Waals surface area contributed by atoms with Gasteiger partial charge in [0, 0.05) is 17.5 Å². The maximum atomic E-state index is 13.6. The van der Waals surface area contributed by atoms with Crippen molar-refractivity contribution in [3.8, 4) is 0 Å². The van der Waals surface area contributed by atoms with Crippen molar-refractivity contribution in [2.24, 2.45) is 0 Å². The Morgan fingerprint density at radius 2 is 1.82 bits per heavy atom. The molecular weight excluding hydrogens is 512 g/mol. The number of nitrogens with zero attached hydrogens (tertiary/aromatic N) is 1. The van der Waals surface area contributed by atoms with Crippen LogP contribution in [0.1, 0.15) is 42.6 Å². The van der Waals surface area contributed by atoms with Gasteiger partial charge in [0.1, 0.15) is 12.6 Å². The predicted octanol–water partition coefficient (Wildman–Crippen LogP) is 4.84. The number of nitrogens with one attached hydrogen (secondary N) is 1. The molecule has 1 aliphatic rings. The van der Waals surface area contributed by atoms with Crippen LogP contribution < -0.4 is 5.32 Å². The monoisotopic (exact) mass is 548 g/mol. The van der Waals surface area contributed by atoms with Gasteiger partial charge in [-0.2, -0.15) is 0 Å². The number of fused-ring (bicyclic) bond motifs is 1. The Balaban J connectivity index is 1.56. The zero-order chi connectivity index (χ0) is 27.6. The number of hydrogen-bond acceptors (Lipinski definition) is 6. The van der Waals surface area contributed by atoms with E-state index >= 15 is 0 Å². The van der Waals surface area contributed by atoms with Crippen LogP contribution in [-0.2, 0) is 25.5 Å². The second-order valence-corrected chi connectivity index (χ2v) is 11.1. The first-order valence-corrected chi connectivity index (χ1v) is 14.6. The van der Waals surface area contributed by atoms with Crippen molar-refractivity contribution in [3.63, 3.8) is 0 Å². The summed E-state index contributed by atoms with van der Waals surface area (Å²) < 4.78 is 5.54. The van der Waals surface area contributed by atoms with Crippen LogP contribution >= 0.6 is 11.8 Å². The summed E-state index contributed by atoms with van der Waals surface area (Å²) in [6.07, 6.45) is 2.79. The molecule has 39 heavy (non-hydrogen) atoms. The van der Waals surface area contributed by atoms with Crippen LogP contribution in [0.3, 0.4) is 0 Å². The van der Waals surface area contributed by atoms with E-state index in [2.05, 4.69) is 11.4 Å². The van der Waals surface area contributed by atoms with Gasteiger partial charge in [0.2, 0.25) is 5.91 Å². The number of ether oxygens (including phenoxy) is 1. The van der Waals surface area contributed by atoms with Crippen molar-refractivity contribution in [2.75, 3.05) is 25.4 Å². The normalized spacial score (nSPS) is 18.5. The van der Waals surface area contributed by atoms with Crippen LogP contribution in [0.5, 0.6) is 0 Å². The average molecular weight is 549 g/mol. The Hall–Kier alpha value is -3.36. The highest BCUT2D eigenvalue weighted by molar-refractivity contribution is 7.99. The first kappa shape index (κ1) is 28.6. The average Bonchev–Trinajstić information content (AvgIpc) is 3.09. The molecule has 1 saturated heterocycles. The standard InChI is InChI=1S/C31H36N2O5S/c1-2-3-18-38-31(37)26(17-16-22-10-5-4-6-11-22)32-27-21-39-28(19-33(30(27)36)20-29(34)35)25-15-9-13-23-12-7-8-14-24(23)25/h4-15,26-28,32H,2-3,16-21H2,1H3,(H,34,35). The quantitative estimate of drug-likeness (QED) is 0.247. The molecule has 7 nitrogen and oxygen atoms in total. The molecule has 0 saturated carbocycles. The first-order chi connectivity index (χ1) is 19.0. The third-order valence-electron chi connectivity index (χ3n) is 6.95. The minimum atomic E-state index is -1.06. The second kappa shape index (κ2) is 14.1. The van der Waals surface area contributed by atoms with Gasteiger partial charge < -0.3 is 14.7 Å². The lowest BCUT2D eigenvalue weighted by molar-refractivity contribution is -0.148. The lowest BCUT2D eigenvalue weighted by Gasteiger charge is -2.27. The number of amides is 1. The Morgan fingerprint density at radius 1 is 1.08 bits per heavy atom. The highest BCUT2D eigenvalue weighted by Gasteiger charge is 2.36. The molecule has 3 aromatic carbocycles. The summed E-state index contributed by atoms with van der Waals surface area (Å²) in [6.45, 7) is 2.25. The summed E-state index contributed by atoms with van der Waals surface area (Å²) in [5.41, 5.74) is 2.16. The summed E-state index contributed by atoms with van der Waals surface area (Å²) in [7, 11) is 0. The molecule has 1 heterocycles. The molecule has 3 atom stereocenters. The van der Waals surface area contributed by atoms with Gasteiger partial charge in [0.05, 0.1) is 12.6 Å². The van der Waals surface area contributed by atoms with Crippen molar-refractivity contribution >= 4 is 40.4 Å². The van der Waals surface area contributed by atoms with Crippen LogP contribution in [-0.4, -0.2) is 65.4 Å². The zero-order valence-corrected chi connectivity index (χ0v) is 23.1. The Morgan fingerprint density at radius 3 is 2.59 bits per heavy atom. The van der Waals surface area contributed by atoms with Gasteiger partial charge in [-0.3, -0.25) is 19.7 Å². The van der Waals surface area contributed by atoms with E-state index < -0.39 is 24.6 Å². The zero-order valence-electron chi connectivity index (χ0n) is 22.3. The van der Waals surface area contributed by atoms with Gasteiger partial charge in [0.25, 0.3) is 0 Å². The Bertz CT molecular complexity index is 1260. The van der Waals surface area contributed by atoms with Crippen molar-refractivity contribution in [3.05, 3.63) is 83.9 Å². The van der Waals surface area contributed by atoms with Gasteiger partial charge in [-0.25, -0.2) is 0 Å². The third kappa shape index (κ3) is 7.83. The fraction of sp³-hybridized carbons (Fsp3) is 0.387. The number of benzene rings is 3. The fourth-order valence-corrected chi connectivity index (χ4v) is 6.21. The molecule has 1 amide bonds. The van der Waals surface area contributed by atoms with Crippen LogP contribution in [0, 0.1) is 0 Å². The van der Waals surface area contributed by atoms with E-state index in [1.54, 1.807) is 11.8 Å². The van der Waals surface area contributed by atoms with Crippen LogP contribution in [0.15, 0.2) is 72.8 Å². The number of hydrogen-bond donors (Lipinski definition) is 2. The van der Waals surface area contributed by atoms with E-state index in [0.717, 1.165) is 34.7 Å². The SMILES string of the molecule is CCCCOC(=O)C(CCc1ccccc1)NC1CSC(c2cccc3ccccc23)CN(CC(=O)O)C1=O. The smallest absolute Gasteiger partial charge is 0.323 e. The lowest BCUT2D eigenvalue weighted by Crippen LogP contribution is -2.53. The maximum Gasteiger partial charge on any atom is 0.323 e. The Kier molecular flexibility index (Phi) is 10.4. The predicted molar refractivity (Wildman–Crippen MR) is 155 cm³/mol. The van der Waals surface area contributed by atoms with Gasteiger partial charge in [0.15, 0.2) is 0 Å². The number of carboxylic acid groups (broad SMARTS) is 1. The summed E-state index contributed by atoms with van der Waals surface area (Å²) in [5, 5.41) is 15.0. The summed E-state index contributed by atoms with van der Waals surface area (Å²) in [5.74, 6) is -1.34. The third-order valence-corrected chi connectivity index (χ3v) is 8.28. The summed E-state index contributed by atoms with van der Waals surface area (Å²) >= 11 is 1.61. The lowest BCUT2D eigenvalue weighted by atomic mass is 10.0. The summed E-state index contributed by atoms with van der Waals surface area (Å²) in [4.78, 5) is 39.9. The molecule has 3 aromatic rings. The molecular formula is C31H36N2O5S. The van der Waals surface area contributed by atoms with Crippen LogP contribution in [0.25, 0.3) is 10.8 Å². The van der Waals surface area contributed by atoms with Crippen molar-refractivity contribution in [1.82, 2.24) is 10.2 Å². The maximum absolute atomic E-state index is 13.6. The molecule has 0 radical (unpaired) electrons. The number of carboxylic acids is 1. The van der Waals surface area contributed by atoms with Crippen LogP contribution in [0.2, 0.25) is 0 Å². The molecule has 4 rings (SSSR count). The van der Waals surface area contributed by atoms with Gasteiger partial charge in [-0.15, -0.1) is 11.8 Å². The van der Waals surface area contributed by atoms with Crippen molar-refractivity contribution < 1.29 is 24.2 Å². The molecule has 0 spiro atoms. The molecule has 2 N–H and O–H groups in total. The number of rotatable bonds is 12. The molecule has 0 aromatic heterocycles. The van der Waals surface area contributed by atoms with E-state index in [1.165, 1.54) is 4.90 Å². The number of thioether (sulfide) groups is 1. The van der Waals surface area contributed by atoms with E-state index in [9.17, 15) is 19.5 Å². The van der Waals surface area contributed by atoms with Gasteiger partial charge in [-0.05, 0) is 41.2 Å². The fourth-order valence-electron chi connectivity index (χ4n) is 4.88. The molecule has 0 bridgehead atoms. The van der Waals surface area contributed by atoms with E-state index in [1.807, 2.05) is 73.7 Å². The molecule has 1 aliphatic heterocycles. The Labute approximate surface area is 233 Å². The second-order valence-electron chi connectivity index (χ2n) is 9.82. The molecule has 1 fully saturated rings. The van der Waals surface area contributed by atoms with Gasteiger partial charge >= 0.3 is 11.9 Å². The van der Waals surface area contributed by atoms with E-state index in [-0.39, 0.29) is 23.7 Å². The number of esters is 1. The molecule has 0 aliphatic carbocycles. The molecule has 206 valence electrons. The largest absolute Gasteiger partial charge is 0.480 e. The number of unbranched alkanes of at least 4 members (excludes halogenated alkanes) is 1. The number of carbonyl (C=O) groups excluding carboxylic acids is 2. The van der Waals surface area contributed by atoms with E-state index in [4.69, 9.17) is 4.74 Å². The number of aryl methyl sites for hydroxylation is 1. The molecule has 3 unspecified atom stereocenters. The van der Waals surface area contributed by atoms with Gasteiger partial charge in [-0.1, -0.05) is 86.1 Å². The number of carbonyl (C=O) groups is 3. The van der Waals surface area contributed by atoms with Crippen LogP contribution in [0.4, 0.5) is 0 Å². The van der Waals surface area contributed by atoms with Crippen molar-refractivity contribution in [2.45, 2.75) is 49.9 Å². The number of aliphatic carboxylic acids is 1. The van der Waals surface area contributed by atoms with Crippen molar-refractivity contribution in [1.29, 1.82) is 0 Å². The highest BCUT2D eigenvalue weighted by atomic mass is 32.2. The first-order valence-electron chi connectivity index (χ1n) is 13.5.